The van der Waals surface area contributed by atoms with Gasteiger partial charge < -0.3 is 20.8 Å². The van der Waals surface area contributed by atoms with Crippen molar-refractivity contribution in [2.45, 2.75) is 78.9 Å². The highest BCUT2D eigenvalue weighted by molar-refractivity contribution is 7.15. The molecule has 1 fully saturated rings. The average Bonchev–Trinajstić information content (AvgIpc) is 3.24. The molecule has 5 unspecified atom stereocenters. The molecule has 36 heavy (non-hydrogen) atoms. The molecule has 2 aromatic rings. The number of aliphatic hydroxyl groups excluding tert-OH is 2. The number of carbonyl (C=O) groups is 2. The molecule has 0 radical (unpaired) electrons. The summed E-state index contributed by atoms with van der Waals surface area (Å²) in [6.45, 7) is 9.96. The number of aromatic nitrogens is 2. The van der Waals surface area contributed by atoms with Crippen LogP contribution in [0, 0.1) is 22.2 Å². The highest BCUT2D eigenvalue weighted by Crippen LogP contribution is 2.62. The summed E-state index contributed by atoms with van der Waals surface area (Å²) in [5, 5.41) is 27.8. The summed E-state index contributed by atoms with van der Waals surface area (Å²) in [6, 6.07) is 3.76. The molecule has 2 heterocycles. The van der Waals surface area contributed by atoms with E-state index in [0.717, 1.165) is 22.6 Å². The third kappa shape index (κ3) is 4.93. The number of pyridine rings is 1. The van der Waals surface area contributed by atoms with Gasteiger partial charge in [0.15, 0.2) is 5.13 Å². The van der Waals surface area contributed by atoms with Gasteiger partial charge in [-0.1, -0.05) is 40.7 Å². The monoisotopic (exact) mass is 514 g/mol. The Kier molecular flexibility index (Phi) is 7.29. The minimum absolute atomic E-state index is 0.0333. The van der Waals surface area contributed by atoms with Crippen molar-refractivity contribution in [3.05, 3.63) is 40.7 Å². The van der Waals surface area contributed by atoms with E-state index in [2.05, 4.69) is 22.5 Å². The molecule has 0 spiro atoms. The van der Waals surface area contributed by atoms with Gasteiger partial charge in [-0.05, 0) is 42.2 Å². The van der Waals surface area contributed by atoms with E-state index >= 15 is 0 Å². The van der Waals surface area contributed by atoms with Gasteiger partial charge in [0.2, 0.25) is 11.8 Å². The van der Waals surface area contributed by atoms with Gasteiger partial charge in [-0.15, -0.1) is 11.3 Å². The molecule has 196 valence electrons. The zero-order valence-corrected chi connectivity index (χ0v) is 22.6. The maximum Gasteiger partial charge on any atom is 0.231 e. The van der Waals surface area contributed by atoms with Gasteiger partial charge in [-0.3, -0.25) is 14.6 Å². The molecule has 5 atom stereocenters. The summed E-state index contributed by atoms with van der Waals surface area (Å²) in [5.41, 5.74) is 0.199. The van der Waals surface area contributed by atoms with Crippen molar-refractivity contribution in [1.82, 2.24) is 15.3 Å². The molecule has 9 heteroatoms. The number of rotatable bonds is 6. The largest absolute Gasteiger partial charge is 0.396 e. The van der Waals surface area contributed by atoms with E-state index in [0.29, 0.717) is 24.5 Å². The van der Waals surface area contributed by atoms with Crippen LogP contribution in [0.4, 0.5) is 5.13 Å². The van der Waals surface area contributed by atoms with Crippen molar-refractivity contribution in [3.63, 3.8) is 0 Å². The van der Waals surface area contributed by atoms with E-state index < -0.39 is 16.9 Å². The number of hydrogen-bond donors (Lipinski definition) is 4. The lowest BCUT2D eigenvalue weighted by Crippen LogP contribution is -2.57. The maximum atomic E-state index is 13.2. The third-order valence-corrected chi connectivity index (χ3v) is 9.41. The highest BCUT2D eigenvalue weighted by atomic mass is 32.1. The number of amides is 2. The second-order valence-corrected chi connectivity index (χ2v) is 13.0. The molecule has 2 aliphatic carbocycles. The number of fused-ring (bicyclic) bond motifs is 2. The number of thiazole rings is 1. The van der Waals surface area contributed by atoms with Gasteiger partial charge in [-0.2, -0.15) is 0 Å². The zero-order valence-electron chi connectivity index (χ0n) is 21.8. The lowest BCUT2D eigenvalue weighted by Gasteiger charge is -2.58. The minimum atomic E-state index is -0.687. The van der Waals surface area contributed by atoms with Crippen molar-refractivity contribution in [2.24, 2.45) is 22.2 Å². The van der Waals surface area contributed by atoms with E-state index in [4.69, 9.17) is 4.98 Å². The van der Waals surface area contributed by atoms with E-state index in [-0.39, 0.29) is 42.1 Å². The van der Waals surface area contributed by atoms with E-state index in [9.17, 15) is 19.8 Å². The molecular formula is C27H38N4O4S. The lowest BCUT2D eigenvalue weighted by molar-refractivity contribution is -0.144. The highest BCUT2D eigenvalue weighted by Gasteiger charge is 2.59. The van der Waals surface area contributed by atoms with Gasteiger partial charge >= 0.3 is 0 Å². The zero-order chi connectivity index (χ0) is 26.3. The summed E-state index contributed by atoms with van der Waals surface area (Å²) < 4.78 is 0. The first kappa shape index (κ1) is 26.7. The van der Waals surface area contributed by atoms with Crippen LogP contribution in [-0.2, 0) is 22.6 Å². The lowest BCUT2D eigenvalue weighted by atomic mass is 9.47. The van der Waals surface area contributed by atoms with Crippen LogP contribution in [0.5, 0.6) is 0 Å². The van der Waals surface area contributed by atoms with Crippen LogP contribution < -0.4 is 10.6 Å². The van der Waals surface area contributed by atoms with Gasteiger partial charge in [0.05, 0.1) is 18.4 Å². The van der Waals surface area contributed by atoms with E-state index in [1.165, 1.54) is 11.3 Å². The Morgan fingerprint density at radius 2 is 2.03 bits per heavy atom. The number of nitrogens with one attached hydrogen (secondary N) is 2. The Labute approximate surface area is 217 Å². The predicted molar refractivity (Wildman–Crippen MR) is 139 cm³/mol. The Hall–Kier alpha value is -2.36. The second-order valence-electron chi connectivity index (χ2n) is 11.9. The molecule has 2 aromatic heterocycles. The first-order valence-electron chi connectivity index (χ1n) is 12.6. The fourth-order valence-corrected chi connectivity index (χ4v) is 7.01. The summed E-state index contributed by atoms with van der Waals surface area (Å²) in [5.74, 6) is -0.426. The number of hydrogen-bond acceptors (Lipinski definition) is 7. The van der Waals surface area contributed by atoms with Crippen LogP contribution in [0.3, 0.4) is 0 Å². The number of aliphatic hydroxyl groups is 2. The molecule has 8 nitrogen and oxygen atoms in total. The fourth-order valence-electron chi connectivity index (χ4n) is 5.94. The van der Waals surface area contributed by atoms with Crippen molar-refractivity contribution in [2.75, 3.05) is 11.9 Å². The van der Waals surface area contributed by atoms with Crippen LogP contribution >= 0.6 is 11.3 Å². The molecule has 4 N–H and O–H groups in total. The molecule has 1 saturated carbocycles. The van der Waals surface area contributed by atoms with Gasteiger partial charge in [0, 0.05) is 47.0 Å². The Balaban J connectivity index is 1.66. The molecule has 0 aromatic carbocycles. The van der Waals surface area contributed by atoms with Gasteiger partial charge in [0.25, 0.3) is 0 Å². The van der Waals surface area contributed by atoms with Crippen LogP contribution in [-0.4, -0.2) is 44.7 Å². The molecule has 0 bridgehead atoms. The smallest absolute Gasteiger partial charge is 0.231 e. The quantitative estimate of drug-likeness (QED) is 0.467. The normalized spacial score (nSPS) is 29.7. The summed E-state index contributed by atoms with van der Waals surface area (Å²) in [4.78, 5) is 35.8. The van der Waals surface area contributed by atoms with Gasteiger partial charge in [-0.25, -0.2) is 4.98 Å². The van der Waals surface area contributed by atoms with Crippen LogP contribution in [0.1, 0.15) is 75.9 Å². The molecule has 0 saturated heterocycles. The summed E-state index contributed by atoms with van der Waals surface area (Å²) in [6.07, 6.45) is 5.00. The Bertz CT molecular complexity index is 1110. The second kappa shape index (κ2) is 9.84. The minimum Gasteiger partial charge on any atom is -0.396 e. The van der Waals surface area contributed by atoms with Crippen molar-refractivity contribution in [3.8, 4) is 0 Å². The number of carbonyl (C=O) groups excluding carboxylic acids is 2. The standard InChI is InChI=1S/C27H38N4O4S/c1-25(2,3)23(35)31-24-30-22-17(11-21(34)29-14-16-7-6-10-28-13-16)26(4)9-8-20(33)27(5,15-32)19(26)12-18(22)36-24/h6-7,10,13,17,19-20,32-33H,8-9,11-12,14-15H2,1-5H3,(H,29,34)(H,30,31,35). The fraction of sp³-hybridized carbons (Fsp3) is 0.630. The van der Waals surface area contributed by atoms with E-state index in [1.807, 2.05) is 39.8 Å². The predicted octanol–water partition coefficient (Wildman–Crippen LogP) is 3.64. The first-order valence-corrected chi connectivity index (χ1v) is 13.5. The van der Waals surface area contributed by atoms with Crippen LogP contribution in [0.2, 0.25) is 0 Å². The topological polar surface area (TPSA) is 124 Å². The maximum absolute atomic E-state index is 13.2. The van der Waals surface area contributed by atoms with E-state index in [1.54, 1.807) is 12.4 Å². The Morgan fingerprint density at radius 3 is 2.67 bits per heavy atom. The molecule has 2 amide bonds. The molecule has 2 aliphatic rings. The molecular weight excluding hydrogens is 476 g/mol. The average molecular weight is 515 g/mol. The van der Waals surface area contributed by atoms with Crippen molar-refractivity contribution < 1.29 is 19.8 Å². The van der Waals surface area contributed by atoms with Crippen LogP contribution in [0.15, 0.2) is 24.5 Å². The first-order chi connectivity index (χ1) is 16.9. The van der Waals surface area contributed by atoms with Gasteiger partial charge in [0.1, 0.15) is 0 Å². The summed E-state index contributed by atoms with van der Waals surface area (Å²) in [7, 11) is 0. The molecule has 0 aliphatic heterocycles. The SMILES string of the molecule is CC(C)(C)C(=O)Nc1nc2c(s1)CC1C(C)(CO)C(O)CCC1(C)C2CC(=O)NCc1cccnc1. The summed E-state index contributed by atoms with van der Waals surface area (Å²) >= 11 is 1.44. The number of nitrogens with zero attached hydrogens (tertiary/aromatic N) is 2. The molecule has 4 rings (SSSR count). The van der Waals surface area contributed by atoms with Crippen molar-refractivity contribution >= 4 is 28.3 Å². The third-order valence-electron chi connectivity index (χ3n) is 8.40. The van der Waals surface area contributed by atoms with Crippen LogP contribution in [0.25, 0.3) is 0 Å². The van der Waals surface area contributed by atoms with Crippen molar-refractivity contribution in [1.29, 1.82) is 0 Å². The Morgan fingerprint density at radius 1 is 1.28 bits per heavy atom. The number of anilines is 1.